The van der Waals surface area contributed by atoms with E-state index in [1.165, 1.54) is 0 Å². The molecule has 0 aliphatic carbocycles. The van der Waals surface area contributed by atoms with E-state index < -0.39 is 0 Å². The van der Waals surface area contributed by atoms with Crippen molar-refractivity contribution in [3.05, 3.63) is 54.2 Å². The van der Waals surface area contributed by atoms with Crippen LogP contribution in [0, 0.1) is 24.0 Å². The lowest BCUT2D eigenvalue weighted by atomic mass is 10.1. The number of benzene rings is 1. The number of nitrogens with one attached hydrogen (secondary N) is 1. The van der Waals surface area contributed by atoms with Crippen LogP contribution in [-0.4, -0.2) is 4.92 Å². The maximum absolute atomic E-state index is 11.2. The number of thiophene rings is 1. The molecule has 0 bridgehead atoms. The molecule has 6 heteroatoms. The summed E-state index contributed by atoms with van der Waals surface area (Å²) in [5.41, 5.74) is 2.64. The minimum Gasteiger partial charge on any atom is -0.372 e. The number of nitro groups is 1. The van der Waals surface area contributed by atoms with Crippen molar-refractivity contribution in [2.24, 2.45) is 0 Å². The minimum absolute atomic E-state index is 0.00480. The Morgan fingerprint density at radius 1 is 1.35 bits per heavy atom. The molecule has 4 nitrogen and oxygen atoms in total. The lowest BCUT2D eigenvalue weighted by Gasteiger charge is -2.16. The molecule has 20 heavy (non-hydrogen) atoms. The SMILES string of the molecule is Cc1cc(NC(C)c2sccc2Br)c([N+](=O)[O-])cc1C. The fourth-order valence-corrected chi connectivity index (χ4v) is 3.71. The van der Waals surface area contributed by atoms with Crippen molar-refractivity contribution in [1.82, 2.24) is 0 Å². The zero-order chi connectivity index (χ0) is 14.9. The van der Waals surface area contributed by atoms with Crippen molar-refractivity contribution in [1.29, 1.82) is 0 Å². The molecule has 2 rings (SSSR count). The third-order valence-corrected chi connectivity index (χ3v) is 5.27. The molecule has 1 aromatic heterocycles. The maximum atomic E-state index is 11.2. The summed E-state index contributed by atoms with van der Waals surface area (Å²) in [7, 11) is 0. The van der Waals surface area contributed by atoms with Crippen LogP contribution in [0.2, 0.25) is 0 Å². The minimum atomic E-state index is -0.342. The van der Waals surface area contributed by atoms with Crippen molar-refractivity contribution in [3.63, 3.8) is 0 Å². The summed E-state index contributed by atoms with van der Waals surface area (Å²) in [5.74, 6) is 0. The van der Waals surface area contributed by atoms with E-state index in [1.807, 2.05) is 38.3 Å². The van der Waals surface area contributed by atoms with E-state index in [4.69, 9.17) is 0 Å². The fourth-order valence-electron chi connectivity index (χ4n) is 1.98. The molecule has 1 N–H and O–H groups in total. The summed E-state index contributed by atoms with van der Waals surface area (Å²) in [5, 5.41) is 16.4. The van der Waals surface area contributed by atoms with Gasteiger partial charge in [-0.15, -0.1) is 11.3 Å². The van der Waals surface area contributed by atoms with E-state index in [0.717, 1.165) is 20.5 Å². The number of nitrogens with zero attached hydrogens (tertiary/aromatic N) is 1. The Kier molecular flexibility index (Phi) is 4.45. The monoisotopic (exact) mass is 354 g/mol. The quantitative estimate of drug-likeness (QED) is 0.605. The van der Waals surface area contributed by atoms with Crippen LogP contribution in [0.15, 0.2) is 28.1 Å². The van der Waals surface area contributed by atoms with Crippen LogP contribution < -0.4 is 5.32 Å². The molecule has 0 aliphatic heterocycles. The highest BCUT2D eigenvalue weighted by atomic mass is 79.9. The third kappa shape index (κ3) is 3.02. The van der Waals surface area contributed by atoms with E-state index in [-0.39, 0.29) is 16.7 Å². The van der Waals surface area contributed by atoms with Crippen molar-refractivity contribution in [3.8, 4) is 0 Å². The van der Waals surface area contributed by atoms with Gasteiger partial charge in [-0.25, -0.2) is 0 Å². The number of hydrogen-bond acceptors (Lipinski definition) is 4. The van der Waals surface area contributed by atoms with Crippen LogP contribution in [0.5, 0.6) is 0 Å². The van der Waals surface area contributed by atoms with Crippen LogP contribution in [0.25, 0.3) is 0 Å². The molecule has 0 spiro atoms. The molecule has 0 saturated carbocycles. The summed E-state index contributed by atoms with van der Waals surface area (Å²) in [4.78, 5) is 12.0. The van der Waals surface area contributed by atoms with Crippen LogP contribution in [0.4, 0.5) is 11.4 Å². The predicted octanol–water partition coefficient (Wildman–Crippen LogP) is 5.21. The first-order chi connectivity index (χ1) is 9.40. The van der Waals surface area contributed by atoms with Crippen molar-refractivity contribution < 1.29 is 4.92 Å². The van der Waals surface area contributed by atoms with E-state index >= 15 is 0 Å². The Balaban J connectivity index is 2.36. The second-order valence-corrected chi connectivity index (χ2v) is 6.51. The first kappa shape index (κ1) is 15.0. The molecule has 0 aliphatic rings. The highest BCUT2D eigenvalue weighted by Crippen LogP contribution is 2.34. The average Bonchev–Trinajstić information content (AvgIpc) is 2.79. The van der Waals surface area contributed by atoms with E-state index in [0.29, 0.717) is 5.69 Å². The van der Waals surface area contributed by atoms with Gasteiger partial charge in [0.2, 0.25) is 0 Å². The molecule has 0 fully saturated rings. The molecule has 0 saturated heterocycles. The molecule has 106 valence electrons. The number of rotatable bonds is 4. The van der Waals surface area contributed by atoms with Gasteiger partial charge in [0.15, 0.2) is 0 Å². The third-order valence-electron chi connectivity index (χ3n) is 3.22. The van der Waals surface area contributed by atoms with Crippen LogP contribution in [0.3, 0.4) is 0 Å². The molecular formula is C14H15BrN2O2S. The molecular weight excluding hydrogens is 340 g/mol. The molecule has 1 atom stereocenters. The van der Waals surface area contributed by atoms with Gasteiger partial charge >= 0.3 is 0 Å². The Morgan fingerprint density at radius 2 is 2.00 bits per heavy atom. The second kappa shape index (κ2) is 5.93. The number of hydrogen-bond donors (Lipinski definition) is 1. The number of anilines is 1. The molecule has 2 aromatic rings. The predicted molar refractivity (Wildman–Crippen MR) is 86.6 cm³/mol. The van der Waals surface area contributed by atoms with Gasteiger partial charge in [0.05, 0.1) is 11.0 Å². The van der Waals surface area contributed by atoms with Gasteiger partial charge in [0, 0.05) is 15.4 Å². The van der Waals surface area contributed by atoms with Crippen molar-refractivity contribution in [2.75, 3.05) is 5.32 Å². The Labute approximate surface area is 130 Å². The van der Waals surface area contributed by atoms with Crippen LogP contribution >= 0.6 is 27.3 Å². The number of nitro benzene ring substituents is 1. The zero-order valence-corrected chi connectivity index (χ0v) is 13.8. The summed E-state index contributed by atoms with van der Waals surface area (Å²) in [6.45, 7) is 5.83. The fraction of sp³-hybridized carbons (Fsp3) is 0.286. The van der Waals surface area contributed by atoms with Gasteiger partial charge in [0.25, 0.3) is 5.69 Å². The normalized spacial score (nSPS) is 12.2. The Bertz CT molecular complexity index is 655. The number of halogens is 1. The van der Waals surface area contributed by atoms with E-state index in [9.17, 15) is 10.1 Å². The van der Waals surface area contributed by atoms with Gasteiger partial charge in [-0.1, -0.05) is 0 Å². The van der Waals surface area contributed by atoms with E-state index in [2.05, 4.69) is 21.2 Å². The standard InChI is InChI=1S/C14H15BrN2O2S/c1-8-6-12(13(17(18)19)7-9(8)2)16-10(3)14-11(15)4-5-20-14/h4-7,10,16H,1-3H3. The second-order valence-electron chi connectivity index (χ2n) is 4.71. The average molecular weight is 355 g/mol. The molecule has 0 amide bonds. The maximum Gasteiger partial charge on any atom is 0.292 e. The Morgan fingerprint density at radius 3 is 2.55 bits per heavy atom. The van der Waals surface area contributed by atoms with Crippen LogP contribution in [-0.2, 0) is 0 Å². The van der Waals surface area contributed by atoms with Crippen molar-refractivity contribution >= 4 is 38.6 Å². The molecule has 1 unspecified atom stereocenters. The van der Waals surface area contributed by atoms with Gasteiger partial charge in [-0.05, 0) is 65.3 Å². The van der Waals surface area contributed by atoms with E-state index in [1.54, 1.807) is 17.4 Å². The van der Waals surface area contributed by atoms with Gasteiger partial charge in [-0.2, -0.15) is 0 Å². The van der Waals surface area contributed by atoms with Crippen molar-refractivity contribution in [2.45, 2.75) is 26.8 Å². The summed E-state index contributed by atoms with van der Waals surface area (Å²) >= 11 is 5.11. The van der Waals surface area contributed by atoms with Gasteiger partial charge in [0.1, 0.15) is 5.69 Å². The number of aryl methyl sites for hydroxylation is 2. The largest absolute Gasteiger partial charge is 0.372 e. The van der Waals surface area contributed by atoms with Gasteiger partial charge in [-0.3, -0.25) is 10.1 Å². The summed E-state index contributed by atoms with van der Waals surface area (Å²) < 4.78 is 1.02. The summed E-state index contributed by atoms with van der Waals surface area (Å²) in [6, 6.07) is 5.44. The first-order valence-electron chi connectivity index (χ1n) is 6.15. The lowest BCUT2D eigenvalue weighted by Crippen LogP contribution is -2.08. The molecule has 1 aromatic carbocycles. The lowest BCUT2D eigenvalue weighted by molar-refractivity contribution is -0.384. The highest BCUT2D eigenvalue weighted by molar-refractivity contribution is 9.10. The van der Waals surface area contributed by atoms with Gasteiger partial charge < -0.3 is 5.32 Å². The first-order valence-corrected chi connectivity index (χ1v) is 7.82. The zero-order valence-electron chi connectivity index (χ0n) is 11.4. The van der Waals surface area contributed by atoms with Crippen LogP contribution in [0.1, 0.15) is 29.0 Å². The molecule has 1 heterocycles. The molecule has 0 radical (unpaired) electrons. The Hall–Kier alpha value is -1.40. The topological polar surface area (TPSA) is 55.2 Å². The smallest absolute Gasteiger partial charge is 0.292 e. The summed E-state index contributed by atoms with van der Waals surface area (Å²) in [6.07, 6.45) is 0. The highest BCUT2D eigenvalue weighted by Gasteiger charge is 2.19.